The second-order valence-corrected chi connectivity index (χ2v) is 4.11. The fraction of sp³-hybridized carbons (Fsp3) is 0.500. The third kappa shape index (κ3) is 5.19. The summed E-state index contributed by atoms with van der Waals surface area (Å²) >= 11 is 0. The van der Waals surface area contributed by atoms with Crippen LogP contribution in [0, 0.1) is 0 Å². The Bertz CT molecular complexity index is 374. The van der Waals surface area contributed by atoms with E-state index in [1.54, 1.807) is 31.2 Å². The summed E-state index contributed by atoms with van der Waals surface area (Å²) in [4.78, 5) is 11.3. The minimum Gasteiger partial charge on any atom is -0.482 e. The second-order valence-electron chi connectivity index (χ2n) is 4.11. The zero-order valence-electron chi connectivity index (χ0n) is 10.9. The van der Waals surface area contributed by atoms with Gasteiger partial charge in [-0.1, -0.05) is 25.5 Å². The predicted octanol–water partition coefficient (Wildman–Crippen LogP) is 2.46. The highest BCUT2D eigenvalue weighted by atomic mass is 16.6. The Kier molecular flexibility index (Phi) is 6.22. The van der Waals surface area contributed by atoms with E-state index >= 15 is 0 Å². The van der Waals surface area contributed by atoms with Crippen molar-refractivity contribution < 1.29 is 19.4 Å². The SMILES string of the molecule is CCCCOC(=O)COc1cccc([C@H](C)O)c1. The molecule has 1 N–H and O–H groups in total. The summed E-state index contributed by atoms with van der Waals surface area (Å²) in [6.07, 6.45) is 1.30. The first kappa shape index (κ1) is 14.5. The predicted molar refractivity (Wildman–Crippen MR) is 68.4 cm³/mol. The second kappa shape index (κ2) is 7.71. The first-order chi connectivity index (χ1) is 8.63. The minimum absolute atomic E-state index is 0.104. The number of aliphatic hydroxyl groups is 1. The minimum atomic E-state index is -0.551. The number of esters is 1. The van der Waals surface area contributed by atoms with Crippen LogP contribution in [-0.4, -0.2) is 24.3 Å². The van der Waals surface area contributed by atoms with E-state index in [2.05, 4.69) is 0 Å². The van der Waals surface area contributed by atoms with Gasteiger partial charge in [-0.05, 0) is 31.0 Å². The molecule has 1 rings (SSSR count). The Balaban J connectivity index is 2.38. The molecule has 18 heavy (non-hydrogen) atoms. The van der Waals surface area contributed by atoms with E-state index in [0.717, 1.165) is 18.4 Å². The quantitative estimate of drug-likeness (QED) is 0.598. The van der Waals surface area contributed by atoms with Crippen LogP contribution in [0.5, 0.6) is 5.75 Å². The van der Waals surface area contributed by atoms with E-state index in [-0.39, 0.29) is 12.6 Å². The third-order valence-electron chi connectivity index (χ3n) is 2.46. The molecule has 0 aliphatic carbocycles. The molecule has 0 heterocycles. The van der Waals surface area contributed by atoms with Gasteiger partial charge < -0.3 is 14.6 Å². The topological polar surface area (TPSA) is 55.8 Å². The van der Waals surface area contributed by atoms with Crippen molar-refractivity contribution in [3.8, 4) is 5.75 Å². The lowest BCUT2D eigenvalue weighted by Gasteiger charge is -2.09. The maximum atomic E-state index is 11.3. The van der Waals surface area contributed by atoms with E-state index in [1.807, 2.05) is 6.92 Å². The highest BCUT2D eigenvalue weighted by molar-refractivity contribution is 5.71. The van der Waals surface area contributed by atoms with Gasteiger partial charge in [0.1, 0.15) is 5.75 Å². The summed E-state index contributed by atoms with van der Waals surface area (Å²) in [7, 11) is 0. The molecule has 0 saturated carbocycles. The molecule has 1 aromatic rings. The molecular weight excluding hydrogens is 232 g/mol. The smallest absolute Gasteiger partial charge is 0.344 e. The van der Waals surface area contributed by atoms with Gasteiger partial charge in [0, 0.05) is 0 Å². The number of carbonyl (C=O) groups excluding carboxylic acids is 1. The van der Waals surface area contributed by atoms with Gasteiger partial charge in [-0.25, -0.2) is 4.79 Å². The summed E-state index contributed by atoms with van der Waals surface area (Å²) in [5.41, 5.74) is 0.756. The van der Waals surface area contributed by atoms with Crippen molar-refractivity contribution in [2.75, 3.05) is 13.2 Å². The molecule has 0 aliphatic rings. The van der Waals surface area contributed by atoms with Crippen molar-refractivity contribution in [2.24, 2.45) is 0 Å². The lowest BCUT2D eigenvalue weighted by molar-refractivity contribution is -0.146. The van der Waals surface area contributed by atoms with Gasteiger partial charge in [-0.15, -0.1) is 0 Å². The summed E-state index contributed by atoms with van der Waals surface area (Å²) < 4.78 is 10.3. The highest BCUT2D eigenvalue weighted by Crippen LogP contribution is 2.18. The Morgan fingerprint density at radius 1 is 1.44 bits per heavy atom. The van der Waals surface area contributed by atoms with Crippen LogP contribution in [0.1, 0.15) is 38.4 Å². The van der Waals surface area contributed by atoms with E-state index < -0.39 is 6.10 Å². The Hall–Kier alpha value is -1.55. The van der Waals surface area contributed by atoms with E-state index in [0.29, 0.717) is 12.4 Å². The van der Waals surface area contributed by atoms with E-state index in [9.17, 15) is 9.90 Å². The monoisotopic (exact) mass is 252 g/mol. The molecular formula is C14H20O4. The Morgan fingerprint density at radius 3 is 2.89 bits per heavy atom. The number of unbranched alkanes of at least 4 members (excludes halogenated alkanes) is 1. The lowest BCUT2D eigenvalue weighted by atomic mass is 10.1. The normalized spacial score (nSPS) is 11.9. The number of ether oxygens (including phenoxy) is 2. The van der Waals surface area contributed by atoms with Gasteiger partial charge in [0.2, 0.25) is 0 Å². The lowest BCUT2D eigenvalue weighted by Crippen LogP contribution is -2.15. The number of carbonyl (C=O) groups is 1. The van der Waals surface area contributed by atoms with Crippen molar-refractivity contribution in [2.45, 2.75) is 32.8 Å². The fourth-order valence-corrected chi connectivity index (χ4v) is 1.38. The zero-order chi connectivity index (χ0) is 13.4. The highest BCUT2D eigenvalue weighted by Gasteiger charge is 2.06. The van der Waals surface area contributed by atoms with Crippen molar-refractivity contribution in [3.05, 3.63) is 29.8 Å². The molecule has 1 atom stereocenters. The molecule has 0 bridgehead atoms. The summed E-state index contributed by atoms with van der Waals surface area (Å²) in [6.45, 7) is 4.05. The molecule has 0 aromatic heterocycles. The number of benzene rings is 1. The summed E-state index contributed by atoms with van der Waals surface area (Å²) in [5, 5.41) is 9.42. The largest absolute Gasteiger partial charge is 0.482 e. The molecule has 0 fully saturated rings. The number of aliphatic hydroxyl groups excluding tert-OH is 1. The summed E-state index contributed by atoms with van der Waals surface area (Å²) in [5.74, 6) is 0.187. The van der Waals surface area contributed by atoms with Gasteiger partial charge in [0.15, 0.2) is 6.61 Å². The molecule has 0 aliphatic heterocycles. The van der Waals surface area contributed by atoms with Gasteiger partial charge in [-0.2, -0.15) is 0 Å². The summed E-state index contributed by atoms with van der Waals surface area (Å²) in [6, 6.07) is 7.03. The zero-order valence-corrected chi connectivity index (χ0v) is 10.9. The van der Waals surface area contributed by atoms with Crippen LogP contribution in [0.4, 0.5) is 0 Å². The maximum absolute atomic E-state index is 11.3. The Morgan fingerprint density at radius 2 is 2.22 bits per heavy atom. The van der Waals surface area contributed by atoms with Crippen molar-refractivity contribution >= 4 is 5.97 Å². The molecule has 0 amide bonds. The standard InChI is InChI=1S/C14H20O4/c1-3-4-8-17-14(16)10-18-13-7-5-6-12(9-13)11(2)15/h5-7,9,11,15H,3-4,8,10H2,1-2H3/t11-/m0/s1. The maximum Gasteiger partial charge on any atom is 0.344 e. The van der Waals surface area contributed by atoms with Crippen LogP contribution in [0.25, 0.3) is 0 Å². The van der Waals surface area contributed by atoms with Crippen molar-refractivity contribution in [1.82, 2.24) is 0 Å². The number of hydrogen-bond donors (Lipinski definition) is 1. The molecule has 100 valence electrons. The molecule has 0 saturated heterocycles. The van der Waals surface area contributed by atoms with Gasteiger partial charge in [0.05, 0.1) is 12.7 Å². The van der Waals surface area contributed by atoms with Gasteiger partial charge in [0.25, 0.3) is 0 Å². The van der Waals surface area contributed by atoms with Crippen LogP contribution in [0.15, 0.2) is 24.3 Å². The third-order valence-corrected chi connectivity index (χ3v) is 2.46. The van der Waals surface area contributed by atoms with E-state index in [1.165, 1.54) is 0 Å². The molecule has 0 spiro atoms. The average Bonchev–Trinajstić information content (AvgIpc) is 2.37. The molecule has 4 nitrogen and oxygen atoms in total. The van der Waals surface area contributed by atoms with Crippen LogP contribution < -0.4 is 4.74 Å². The van der Waals surface area contributed by atoms with Crippen LogP contribution >= 0.6 is 0 Å². The van der Waals surface area contributed by atoms with Crippen LogP contribution in [0.3, 0.4) is 0 Å². The van der Waals surface area contributed by atoms with Crippen molar-refractivity contribution in [3.63, 3.8) is 0 Å². The van der Waals surface area contributed by atoms with E-state index in [4.69, 9.17) is 9.47 Å². The fourth-order valence-electron chi connectivity index (χ4n) is 1.38. The average molecular weight is 252 g/mol. The first-order valence-electron chi connectivity index (χ1n) is 6.20. The van der Waals surface area contributed by atoms with Crippen LogP contribution in [-0.2, 0) is 9.53 Å². The number of hydrogen-bond acceptors (Lipinski definition) is 4. The molecule has 0 radical (unpaired) electrons. The van der Waals surface area contributed by atoms with Gasteiger partial charge >= 0.3 is 5.97 Å². The molecule has 0 unspecified atom stereocenters. The first-order valence-corrected chi connectivity index (χ1v) is 6.20. The van der Waals surface area contributed by atoms with Crippen molar-refractivity contribution in [1.29, 1.82) is 0 Å². The molecule has 4 heteroatoms. The van der Waals surface area contributed by atoms with Gasteiger partial charge in [-0.3, -0.25) is 0 Å². The number of rotatable bonds is 7. The Labute approximate surface area is 108 Å². The molecule has 1 aromatic carbocycles. The van der Waals surface area contributed by atoms with Crippen LogP contribution in [0.2, 0.25) is 0 Å².